The second-order valence-electron chi connectivity index (χ2n) is 4.39. The summed E-state index contributed by atoms with van der Waals surface area (Å²) in [7, 11) is 0. The van der Waals surface area contributed by atoms with Gasteiger partial charge in [0, 0.05) is 18.8 Å². The molecule has 0 saturated heterocycles. The van der Waals surface area contributed by atoms with Crippen molar-refractivity contribution in [1.82, 2.24) is 4.98 Å². The number of aryl methyl sites for hydroxylation is 1. The first-order valence-corrected chi connectivity index (χ1v) is 5.69. The van der Waals surface area contributed by atoms with Gasteiger partial charge in [-0.3, -0.25) is 0 Å². The number of pyridine rings is 1. The predicted octanol–water partition coefficient (Wildman–Crippen LogP) is 2.24. The molecule has 1 aliphatic rings. The van der Waals surface area contributed by atoms with Gasteiger partial charge < -0.3 is 10.0 Å². The van der Waals surface area contributed by atoms with Crippen molar-refractivity contribution in [2.45, 2.75) is 20.3 Å². The molecule has 0 radical (unpaired) electrons. The summed E-state index contributed by atoms with van der Waals surface area (Å²) in [6.45, 7) is 5.52. The molecule has 4 heteroatoms. The Hall–Kier alpha value is -1.84. The number of anilines is 1. The monoisotopic (exact) mass is 232 g/mol. The van der Waals surface area contributed by atoms with E-state index in [9.17, 15) is 9.90 Å². The molecular weight excluding hydrogens is 216 g/mol. The van der Waals surface area contributed by atoms with Gasteiger partial charge in [-0.1, -0.05) is 11.6 Å². The number of aromatic nitrogens is 1. The topological polar surface area (TPSA) is 53.4 Å². The van der Waals surface area contributed by atoms with Gasteiger partial charge in [0.25, 0.3) is 0 Å². The van der Waals surface area contributed by atoms with Gasteiger partial charge in [0.1, 0.15) is 11.4 Å². The highest BCUT2D eigenvalue weighted by atomic mass is 16.4. The fourth-order valence-electron chi connectivity index (χ4n) is 2.04. The first-order valence-electron chi connectivity index (χ1n) is 5.69. The molecule has 17 heavy (non-hydrogen) atoms. The first-order chi connectivity index (χ1) is 8.08. The summed E-state index contributed by atoms with van der Waals surface area (Å²) in [6, 6.07) is 3.37. The maximum atomic E-state index is 11.2. The molecular formula is C13H16N2O2. The zero-order chi connectivity index (χ0) is 12.4. The Morgan fingerprint density at radius 1 is 1.41 bits per heavy atom. The van der Waals surface area contributed by atoms with E-state index in [-0.39, 0.29) is 5.56 Å². The Balaban J connectivity index is 2.39. The molecule has 0 bridgehead atoms. The molecule has 1 aromatic heterocycles. The summed E-state index contributed by atoms with van der Waals surface area (Å²) in [5.41, 5.74) is 2.39. The molecule has 1 aliphatic heterocycles. The molecule has 4 nitrogen and oxygen atoms in total. The van der Waals surface area contributed by atoms with Crippen LogP contribution in [0.3, 0.4) is 0 Å². The van der Waals surface area contributed by atoms with E-state index in [4.69, 9.17) is 0 Å². The highest BCUT2D eigenvalue weighted by Gasteiger charge is 2.19. The number of rotatable bonds is 2. The Bertz CT molecular complexity index is 480. The third-order valence-corrected chi connectivity index (χ3v) is 2.88. The summed E-state index contributed by atoms with van der Waals surface area (Å²) < 4.78 is 0. The Labute approximate surface area is 101 Å². The summed E-state index contributed by atoms with van der Waals surface area (Å²) in [6.07, 6.45) is 3.13. The van der Waals surface area contributed by atoms with Gasteiger partial charge in [0.15, 0.2) is 0 Å². The number of carboxylic acid groups (broad SMARTS) is 1. The van der Waals surface area contributed by atoms with Crippen LogP contribution in [0.2, 0.25) is 0 Å². The zero-order valence-corrected chi connectivity index (χ0v) is 10.1. The van der Waals surface area contributed by atoms with Crippen LogP contribution >= 0.6 is 0 Å². The van der Waals surface area contributed by atoms with Crippen molar-refractivity contribution < 1.29 is 9.90 Å². The number of carboxylic acids is 1. The molecule has 1 N–H and O–H groups in total. The van der Waals surface area contributed by atoms with E-state index in [0.29, 0.717) is 5.82 Å². The lowest BCUT2D eigenvalue weighted by Crippen LogP contribution is -2.31. The number of aromatic carboxylic acids is 1. The minimum Gasteiger partial charge on any atom is -0.478 e. The van der Waals surface area contributed by atoms with Gasteiger partial charge in [0.2, 0.25) is 0 Å². The number of carbonyl (C=O) groups is 1. The number of hydrogen-bond donors (Lipinski definition) is 1. The number of nitrogens with zero attached hydrogens (tertiary/aromatic N) is 2. The predicted molar refractivity (Wildman–Crippen MR) is 66.5 cm³/mol. The Morgan fingerprint density at radius 2 is 2.18 bits per heavy atom. The van der Waals surface area contributed by atoms with E-state index in [2.05, 4.69) is 18.0 Å². The molecule has 0 saturated carbocycles. The molecule has 0 unspecified atom stereocenters. The van der Waals surface area contributed by atoms with E-state index >= 15 is 0 Å². The second-order valence-corrected chi connectivity index (χ2v) is 4.39. The van der Waals surface area contributed by atoms with Crippen molar-refractivity contribution in [3.8, 4) is 0 Å². The molecule has 90 valence electrons. The maximum Gasteiger partial charge on any atom is 0.339 e. The van der Waals surface area contributed by atoms with E-state index in [0.717, 1.165) is 25.2 Å². The minimum atomic E-state index is -0.917. The smallest absolute Gasteiger partial charge is 0.339 e. The molecule has 0 aromatic carbocycles. The van der Waals surface area contributed by atoms with Gasteiger partial charge in [0.05, 0.1) is 0 Å². The van der Waals surface area contributed by atoms with Crippen molar-refractivity contribution in [3.63, 3.8) is 0 Å². The molecule has 2 rings (SSSR count). The van der Waals surface area contributed by atoms with Crippen molar-refractivity contribution >= 4 is 11.8 Å². The van der Waals surface area contributed by atoms with Crippen LogP contribution in [0.1, 0.15) is 29.4 Å². The zero-order valence-electron chi connectivity index (χ0n) is 10.1. The molecule has 0 aliphatic carbocycles. The van der Waals surface area contributed by atoms with Gasteiger partial charge in [-0.2, -0.15) is 0 Å². The van der Waals surface area contributed by atoms with Crippen LogP contribution < -0.4 is 4.90 Å². The lowest BCUT2D eigenvalue weighted by molar-refractivity contribution is 0.0697. The molecule has 1 aromatic rings. The van der Waals surface area contributed by atoms with Crippen molar-refractivity contribution in [3.05, 3.63) is 35.0 Å². The fourth-order valence-corrected chi connectivity index (χ4v) is 2.04. The van der Waals surface area contributed by atoms with Gasteiger partial charge in [-0.15, -0.1) is 0 Å². The SMILES string of the molecule is CC1=CCCN(c2nc(C)ccc2C(=O)O)C1. The lowest BCUT2D eigenvalue weighted by Gasteiger charge is -2.28. The highest BCUT2D eigenvalue weighted by Crippen LogP contribution is 2.22. The summed E-state index contributed by atoms with van der Waals surface area (Å²) in [5.74, 6) is -0.329. The van der Waals surface area contributed by atoms with Crippen LogP contribution in [-0.2, 0) is 0 Å². The fraction of sp³-hybridized carbons (Fsp3) is 0.385. The summed E-state index contributed by atoms with van der Waals surface area (Å²) >= 11 is 0. The lowest BCUT2D eigenvalue weighted by atomic mass is 10.1. The molecule has 0 atom stereocenters. The van der Waals surface area contributed by atoms with E-state index in [1.54, 1.807) is 12.1 Å². The van der Waals surface area contributed by atoms with E-state index in [1.165, 1.54) is 5.57 Å². The molecule has 0 spiro atoms. The van der Waals surface area contributed by atoms with Gasteiger partial charge in [-0.05, 0) is 32.4 Å². The van der Waals surface area contributed by atoms with Crippen molar-refractivity contribution in [1.29, 1.82) is 0 Å². The average Bonchev–Trinajstić information content (AvgIpc) is 2.28. The normalized spacial score (nSPS) is 15.6. The molecule has 0 amide bonds. The summed E-state index contributed by atoms with van der Waals surface area (Å²) in [4.78, 5) is 17.6. The van der Waals surface area contributed by atoms with E-state index in [1.807, 2.05) is 11.8 Å². The van der Waals surface area contributed by atoms with Gasteiger partial charge in [-0.25, -0.2) is 9.78 Å². The van der Waals surface area contributed by atoms with E-state index < -0.39 is 5.97 Å². The molecule has 2 heterocycles. The van der Waals surface area contributed by atoms with Crippen LogP contribution in [0.15, 0.2) is 23.8 Å². The first kappa shape index (κ1) is 11.6. The standard InChI is InChI=1S/C13H16N2O2/c1-9-4-3-7-15(8-9)12-11(13(16)17)6-5-10(2)14-12/h4-6H,3,7-8H2,1-2H3,(H,16,17). The average molecular weight is 232 g/mol. The maximum absolute atomic E-state index is 11.2. The highest BCUT2D eigenvalue weighted by molar-refractivity contribution is 5.93. The van der Waals surface area contributed by atoms with Gasteiger partial charge >= 0.3 is 5.97 Å². The van der Waals surface area contributed by atoms with Crippen LogP contribution in [0, 0.1) is 6.92 Å². The third kappa shape index (κ3) is 2.46. The van der Waals surface area contributed by atoms with Crippen LogP contribution in [0.4, 0.5) is 5.82 Å². The van der Waals surface area contributed by atoms with Crippen molar-refractivity contribution in [2.24, 2.45) is 0 Å². The Kier molecular flexibility index (Phi) is 3.13. The second kappa shape index (κ2) is 4.57. The largest absolute Gasteiger partial charge is 0.478 e. The quantitative estimate of drug-likeness (QED) is 0.794. The third-order valence-electron chi connectivity index (χ3n) is 2.88. The molecule has 0 fully saturated rings. The number of hydrogen-bond acceptors (Lipinski definition) is 3. The van der Waals surface area contributed by atoms with Crippen molar-refractivity contribution in [2.75, 3.05) is 18.0 Å². The van der Waals surface area contributed by atoms with Crippen LogP contribution in [0.5, 0.6) is 0 Å². The van der Waals surface area contributed by atoms with Crippen LogP contribution in [0.25, 0.3) is 0 Å². The Morgan fingerprint density at radius 3 is 2.82 bits per heavy atom. The summed E-state index contributed by atoms with van der Waals surface area (Å²) in [5, 5.41) is 9.17. The van der Waals surface area contributed by atoms with Crippen LogP contribution in [-0.4, -0.2) is 29.1 Å². The minimum absolute atomic E-state index is 0.283.